The summed E-state index contributed by atoms with van der Waals surface area (Å²) in [6.07, 6.45) is 1.50. The number of unbranched alkanes of at least 4 members (excludes halogenated alkanes) is 1. The van der Waals surface area contributed by atoms with Gasteiger partial charge in [-0.2, -0.15) is 0 Å². The van der Waals surface area contributed by atoms with E-state index < -0.39 is 11.6 Å². The minimum absolute atomic E-state index is 0.170. The standard InChI is InChI=1S/C29H39N3O6/c1-6-7-18-36-26(33)20-37-24-12-13-25(21(2)19-24)27(34)30-22-8-10-23(11-9-22)31-14-16-32(17-15-31)28(35)38-29(3,4)5/h8-13,19H,6-7,14-18,20H2,1-5H3,(H,30,34). The van der Waals surface area contributed by atoms with Gasteiger partial charge in [-0.05, 0) is 82.1 Å². The first-order chi connectivity index (χ1) is 18.1. The van der Waals surface area contributed by atoms with Crippen LogP contribution in [-0.2, 0) is 14.3 Å². The summed E-state index contributed by atoms with van der Waals surface area (Å²) in [7, 11) is 0. The van der Waals surface area contributed by atoms with Crippen LogP contribution in [0.3, 0.4) is 0 Å². The first kappa shape index (κ1) is 28.8. The van der Waals surface area contributed by atoms with Crippen molar-refractivity contribution in [3.05, 3.63) is 53.6 Å². The quantitative estimate of drug-likeness (QED) is 0.362. The van der Waals surface area contributed by atoms with E-state index in [1.54, 1.807) is 23.1 Å². The minimum Gasteiger partial charge on any atom is -0.482 e. The Morgan fingerprint density at radius 1 is 0.974 bits per heavy atom. The number of carbonyl (C=O) groups excluding carboxylic acids is 3. The Morgan fingerprint density at radius 2 is 1.66 bits per heavy atom. The molecule has 2 aromatic carbocycles. The molecule has 3 rings (SSSR count). The normalized spacial score (nSPS) is 13.6. The van der Waals surface area contributed by atoms with Crippen LogP contribution in [0.1, 0.15) is 56.5 Å². The monoisotopic (exact) mass is 525 g/mol. The van der Waals surface area contributed by atoms with E-state index in [0.29, 0.717) is 49.8 Å². The van der Waals surface area contributed by atoms with Gasteiger partial charge in [-0.1, -0.05) is 13.3 Å². The van der Waals surface area contributed by atoms with E-state index in [1.807, 2.05) is 58.9 Å². The molecule has 1 fully saturated rings. The smallest absolute Gasteiger partial charge is 0.410 e. The van der Waals surface area contributed by atoms with Crippen molar-refractivity contribution in [3.8, 4) is 5.75 Å². The number of piperazine rings is 1. The summed E-state index contributed by atoms with van der Waals surface area (Å²) in [4.78, 5) is 40.8. The number of amides is 2. The van der Waals surface area contributed by atoms with Gasteiger partial charge in [-0.15, -0.1) is 0 Å². The minimum atomic E-state index is -0.508. The summed E-state index contributed by atoms with van der Waals surface area (Å²) in [5.74, 6) is -0.138. The zero-order chi connectivity index (χ0) is 27.7. The lowest BCUT2D eigenvalue weighted by Crippen LogP contribution is -2.50. The van der Waals surface area contributed by atoms with E-state index in [-0.39, 0.29) is 18.6 Å². The van der Waals surface area contributed by atoms with Crippen LogP contribution < -0.4 is 15.0 Å². The summed E-state index contributed by atoms with van der Waals surface area (Å²) in [6, 6.07) is 12.7. The Hall–Kier alpha value is -3.75. The number of ether oxygens (including phenoxy) is 3. The number of anilines is 2. The molecule has 2 amide bonds. The second-order valence-electron chi connectivity index (χ2n) is 10.3. The summed E-state index contributed by atoms with van der Waals surface area (Å²) in [5.41, 5.74) is 2.45. The molecule has 0 bridgehead atoms. The molecule has 9 heteroatoms. The van der Waals surface area contributed by atoms with Crippen molar-refractivity contribution in [1.29, 1.82) is 0 Å². The third kappa shape index (κ3) is 8.68. The van der Waals surface area contributed by atoms with Crippen molar-refractivity contribution < 1.29 is 28.6 Å². The molecule has 1 saturated heterocycles. The number of carbonyl (C=O) groups is 3. The highest BCUT2D eigenvalue weighted by atomic mass is 16.6. The van der Waals surface area contributed by atoms with Crippen LogP contribution in [0.15, 0.2) is 42.5 Å². The molecule has 0 spiro atoms. The van der Waals surface area contributed by atoms with Crippen LogP contribution >= 0.6 is 0 Å². The number of nitrogens with one attached hydrogen (secondary N) is 1. The molecule has 206 valence electrons. The van der Waals surface area contributed by atoms with E-state index in [1.165, 1.54) is 0 Å². The van der Waals surface area contributed by atoms with Crippen molar-refractivity contribution in [2.24, 2.45) is 0 Å². The topological polar surface area (TPSA) is 97.4 Å². The third-order valence-corrected chi connectivity index (χ3v) is 5.98. The van der Waals surface area contributed by atoms with Gasteiger partial charge in [-0.3, -0.25) is 4.79 Å². The van der Waals surface area contributed by atoms with Crippen molar-refractivity contribution in [2.45, 2.75) is 53.1 Å². The Morgan fingerprint density at radius 3 is 2.26 bits per heavy atom. The lowest BCUT2D eigenvalue weighted by Gasteiger charge is -2.36. The van der Waals surface area contributed by atoms with Gasteiger partial charge in [0.05, 0.1) is 6.61 Å². The lowest BCUT2D eigenvalue weighted by atomic mass is 10.1. The maximum absolute atomic E-state index is 12.9. The van der Waals surface area contributed by atoms with Crippen LogP contribution in [0.2, 0.25) is 0 Å². The number of aryl methyl sites for hydroxylation is 1. The highest BCUT2D eigenvalue weighted by Crippen LogP contribution is 2.22. The summed E-state index contributed by atoms with van der Waals surface area (Å²) in [5, 5.41) is 2.93. The molecular formula is C29H39N3O6. The summed E-state index contributed by atoms with van der Waals surface area (Å²) < 4.78 is 16.1. The van der Waals surface area contributed by atoms with Gasteiger partial charge < -0.3 is 29.3 Å². The van der Waals surface area contributed by atoms with E-state index >= 15 is 0 Å². The predicted octanol–water partition coefficient (Wildman–Crippen LogP) is 5.03. The second kappa shape index (κ2) is 13.2. The molecule has 2 aromatic rings. The Kier molecular flexibility index (Phi) is 9.98. The molecular weight excluding hydrogens is 486 g/mol. The van der Waals surface area contributed by atoms with Crippen LogP contribution in [0.5, 0.6) is 5.75 Å². The number of hydrogen-bond acceptors (Lipinski definition) is 7. The van der Waals surface area contributed by atoms with Crippen molar-refractivity contribution in [2.75, 3.05) is 49.6 Å². The van der Waals surface area contributed by atoms with Crippen molar-refractivity contribution in [1.82, 2.24) is 4.90 Å². The molecule has 1 aliphatic heterocycles. The van der Waals surface area contributed by atoms with E-state index in [0.717, 1.165) is 24.1 Å². The van der Waals surface area contributed by atoms with E-state index in [2.05, 4.69) is 10.2 Å². The van der Waals surface area contributed by atoms with E-state index in [9.17, 15) is 14.4 Å². The fraction of sp³-hybridized carbons (Fsp3) is 0.483. The number of esters is 1. The van der Waals surface area contributed by atoms with Crippen LogP contribution in [-0.4, -0.2) is 67.9 Å². The van der Waals surface area contributed by atoms with Gasteiger partial charge in [-0.25, -0.2) is 9.59 Å². The zero-order valence-electron chi connectivity index (χ0n) is 23.0. The van der Waals surface area contributed by atoms with Crippen molar-refractivity contribution >= 4 is 29.3 Å². The number of hydrogen-bond donors (Lipinski definition) is 1. The lowest BCUT2D eigenvalue weighted by molar-refractivity contribution is -0.146. The van der Waals surface area contributed by atoms with Crippen LogP contribution in [0, 0.1) is 6.92 Å². The first-order valence-electron chi connectivity index (χ1n) is 13.1. The van der Waals surface area contributed by atoms with Crippen LogP contribution in [0.4, 0.5) is 16.2 Å². The summed E-state index contributed by atoms with van der Waals surface area (Å²) in [6.45, 7) is 12.2. The molecule has 38 heavy (non-hydrogen) atoms. The van der Waals surface area contributed by atoms with Gasteiger partial charge in [0, 0.05) is 43.1 Å². The summed E-state index contributed by atoms with van der Waals surface area (Å²) >= 11 is 0. The average molecular weight is 526 g/mol. The molecule has 1 aliphatic rings. The SMILES string of the molecule is CCCCOC(=O)COc1ccc(C(=O)Nc2ccc(N3CCN(C(=O)OC(C)(C)C)CC3)cc2)c(C)c1. The Balaban J connectivity index is 1.49. The molecule has 0 saturated carbocycles. The number of rotatable bonds is 9. The third-order valence-electron chi connectivity index (χ3n) is 5.98. The molecule has 0 atom stereocenters. The molecule has 9 nitrogen and oxygen atoms in total. The molecule has 0 unspecified atom stereocenters. The van der Waals surface area contributed by atoms with Crippen molar-refractivity contribution in [3.63, 3.8) is 0 Å². The first-order valence-corrected chi connectivity index (χ1v) is 13.1. The largest absolute Gasteiger partial charge is 0.482 e. The van der Waals surface area contributed by atoms with Gasteiger partial charge >= 0.3 is 12.1 Å². The van der Waals surface area contributed by atoms with E-state index in [4.69, 9.17) is 14.2 Å². The fourth-order valence-corrected chi connectivity index (χ4v) is 3.92. The average Bonchev–Trinajstić information content (AvgIpc) is 2.87. The van der Waals surface area contributed by atoms with Crippen LogP contribution in [0.25, 0.3) is 0 Å². The Labute approximate surface area is 225 Å². The predicted molar refractivity (Wildman–Crippen MR) is 147 cm³/mol. The fourth-order valence-electron chi connectivity index (χ4n) is 3.92. The number of nitrogens with zero attached hydrogens (tertiary/aromatic N) is 2. The van der Waals surface area contributed by atoms with Gasteiger partial charge in [0.15, 0.2) is 6.61 Å². The van der Waals surface area contributed by atoms with Gasteiger partial charge in [0.25, 0.3) is 5.91 Å². The number of benzene rings is 2. The molecule has 0 radical (unpaired) electrons. The maximum atomic E-state index is 12.9. The highest BCUT2D eigenvalue weighted by Gasteiger charge is 2.26. The molecule has 1 heterocycles. The highest BCUT2D eigenvalue weighted by molar-refractivity contribution is 6.05. The zero-order valence-corrected chi connectivity index (χ0v) is 23.0. The molecule has 0 aromatic heterocycles. The molecule has 1 N–H and O–H groups in total. The molecule has 0 aliphatic carbocycles. The second-order valence-corrected chi connectivity index (χ2v) is 10.3. The van der Waals surface area contributed by atoms with Gasteiger partial charge in [0.2, 0.25) is 0 Å². The maximum Gasteiger partial charge on any atom is 0.410 e. The van der Waals surface area contributed by atoms with Gasteiger partial charge in [0.1, 0.15) is 11.4 Å². The Bertz CT molecular complexity index is 1100.